The number of amides is 3. The standard InChI is InChI=1S/C24H31N3O6/c1-16(23(31)26-12-10-25(11-13-26)17(2)28)27-9-8-24(7-6-22(27)30)15-20(29)19-5-4-18(32-3)14-21(19)33-24/h4-5,14,16H,6-13,15H2,1-3H3/t16-,24+/m0/s1. The molecule has 178 valence electrons. The predicted octanol–water partition coefficient (Wildman–Crippen LogP) is 1.49. The summed E-state index contributed by atoms with van der Waals surface area (Å²) in [7, 11) is 1.56. The number of carbonyl (C=O) groups excluding carboxylic acids is 4. The molecule has 3 aliphatic rings. The van der Waals surface area contributed by atoms with E-state index in [1.54, 1.807) is 46.9 Å². The van der Waals surface area contributed by atoms with Crippen LogP contribution >= 0.6 is 0 Å². The molecule has 4 rings (SSSR count). The number of carbonyl (C=O) groups is 4. The number of ketones is 1. The minimum absolute atomic E-state index is 0.00404. The minimum atomic E-state index is -0.767. The highest BCUT2D eigenvalue weighted by Gasteiger charge is 2.44. The molecule has 0 bridgehead atoms. The van der Waals surface area contributed by atoms with E-state index in [0.717, 1.165) is 0 Å². The molecule has 2 fully saturated rings. The molecule has 3 heterocycles. The van der Waals surface area contributed by atoms with E-state index in [4.69, 9.17) is 9.47 Å². The molecule has 0 aliphatic carbocycles. The highest BCUT2D eigenvalue weighted by Crippen LogP contribution is 2.41. The van der Waals surface area contributed by atoms with E-state index in [-0.39, 0.29) is 36.3 Å². The monoisotopic (exact) mass is 457 g/mol. The van der Waals surface area contributed by atoms with Gasteiger partial charge in [0.05, 0.1) is 19.1 Å². The zero-order valence-electron chi connectivity index (χ0n) is 19.5. The first-order valence-electron chi connectivity index (χ1n) is 11.5. The SMILES string of the molecule is COc1ccc2c(c1)O[C@@]1(CCC(=O)N([C@@H](C)C(=O)N3CCN(C(C)=O)CC3)CC1)CC2=O. The first-order chi connectivity index (χ1) is 15.7. The van der Waals surface area contributed by atoms with Gasteiger partial charge in [0, 0.05) is 58.6 Å². The molecule has 0 aromatic heterocycles. The first kappa shape index (κ1) is 23.1. The van der Waals surface area contributed by atoms with Gasteiger partial charge in [-0.05, 0) is 25.5 Å². The third-order valence-corrected chi connectivity index (χ3v) is 7.08. The molecule has 1 aromatic carbocycles. The van der Waals surface area contributed by atoms with E-state index in [1.807, 2.05) is 0 Å². The van der Waals surface area contributed by atoms with Crippen LogP contribution in [0.4, 0.5) is 0 Å². The van der Waals surface area contributed by atoms with Crippen LogP contribution in [0.3, 0.4) is 0 Å². The van der Waals surface area contributed by atoms with Crippen LogP contribution in [-0.4, -0.2) is 89.7 Å². The quantitative estimate of drug-likeness (QED) is 0.682. The van der Waals surface area contributed by atoms with Gasteiger partial charge >= 0.3 is 0 Å². The normalized spacial score (nSPS) is 24.2. The van der Waals surface area contributed by atoms with Gasteiger partial charge < -0.3 is 24.2 Å². The van der Waals surface area contributed by atoms with Crippen molar-refractivity contribution in [2.75, 3.05) is 39.8 Å². The Labute approximate surface area is 193 Å². The van der Waals surface area contributed by atoms with Gasteiger partial charge in [-0.2, -0.15) is 0 Å². The van der Waals surface area contributed by atoms with Crippen molar-refractivity contribution < 1.29 is 28.7 Å². The lowest BCUT2D eigenvalue weighted by Gasteiger charge is -2.39. The van der Waals surface area contributed by atoms with E-state index < -0.39 is 11.6 Å². The second kappa shape index (κ2) is 9.03. The molecule has 0 unspecified atom stereocenters. The molecule has 3 aliphatic heterocycles. The highest BCUT2D eigenvalue weighted by molar-refractivity contribution is 6.00. The molecule has 3 amide bonds. The molecular weight excluding hydrogens is 426 g/mol. The molecule has 0 N–H and O–H groups in total. The Morgan fingerprint density at radius 3 is 2.42 bits per heavy atom. The number of rotatable bonds is 3. The summed E-state index contributed by atoms with van der Waals surface area (Å²) >= 11 is 0. The fourth-order valence-corrected chi connectivity index (χ4v) is 4.98. The number of piperazine rings is 1. The predicted molar refractivity (Wildman–Crippen MR) is 119 cm³/mol. The van der Waals surface area contributed by atoms with Crippen molar-refractivity contribution in [2.45, 2.75) is 51.2 Å². The Kier molecular flexibility index (Phi) is 6.32. The second-order valence-electron chi connectivity index (χ2n) is 9.09. The van der Waals surface area contributed by atoms with Crippen LogP contribution in [0.2, 0.25) is 0 Å². The highest BCUT2D eigenvalue weighted by atomic mass is 16.5. The number of hydrogen-bond donors (Lipinski definition) is 0. The Hall–Kier alpha value is -3.10. The van der Waals surface area contributed by atoms with Gasteiger partial charge in [0.2, 0.25) is 17.7 Å². The van der Waals surface area contributed by atoms with Gasteiger partial charge in [0.15, 0.2) is 5.78 Å². The first-order valence-corrected chi connectivity index (χ1v) is 11.5. The van der Waals surface area contributed by atoms with Crippen molar-refractivity contribution in [1.82, 2.24) is 14.7 Å². The number of nitrogens with zero attached hydrogens (tertiary/aromatic N) is 3. The average Bonchev–Trinajstić information content (AvgIpc) is 2.96. The smallest absolute Gasteiger partial charge is 0.245 e. The number of benzene rings is 1. The Morgan fingerprint density at radius 1 is 1.06 bits per heavy atom. The van der Waals surface area contributed by atoms with Gasteiger partial charge in [-0.3, -0.25) is 19.2 Å². The number of fused-ring (bicyclic) bond motifs is 1. The topological polar surface area (TPSA) is 96.5 Å². The average molecular weight is 458 g/mol. The summed E-state index contributed by atoms with van der Waals surface area (Å²) in [6.45, 7) is 5.55. The van der Waals surface area contributed by atoms with Crippen LogP contribution in [0, 0.1) is 0 Å². The van der Waals surface area contributed by atoms with Crippen LogP contribution in [0.1, 0.15) is 49.9 Å². The molecule has 2 atom stereocenters. The number of Topliss-reactive ketones (excluding diaryl/α,β-unsaturated/α-hetero) is 1. The van der Waals surface area contributed by atoms with Crippen molar-refractivity contribution in [3.63, 3.8) is 0 Å². The molecule has 2 saturated heterocycles. The third-order valence-electron chi connectivity index (χ3n) is 7.08. The molecule has 0 radical (unpaired) electrons. The molecule has 0 saturated carbocycles. The Balaban J connectivity index is 1.45. The molecular formula is C24H31N3O6. The summed E-state index contributed by atoms with van der Waals surface area (Å²) in [5, 5.41) is 0. The minimum Gasteiger partial charge on any atom is -0.497 e. The van der Waals surface area contributed by atoms with E-state index in [9.17, 15) is 19.2 Å². The van der Waals surface area contributed by atoms with Crippen molar-refractivity contribution in [3.8, 4) is 11.5 Å². The maximum absolute atomic E-state index is 13.1. The van der Waals surface area contributed by atoms with Crippen LogP contribution in [0.15, 0.2) is 18.2 Å². The summed E-state index contributed by atoms with van der Waals surface area (Å²) in [6, 6.07) is 4.55. The van der Waals surface area contributed by atoms with E-state index in [0.29, 0.717) is 62.6 Å². The fraction of sp³-hybridized carbons (Fsp3) is 0.583. The second-order valence-corrected chi connectivity index (χ2v) is 9.09. The molecule has 9 nitrogen and oxygen atoms in total. The van der Waals surface area contributed by atoms with Gasteiger partial charge in [0.1, 0.15) is 23.1 Å². The van der Waals surface area contributed by atoms with E-state index >= 15 is 0 Å². The Morgan fingerprint density at radius 2 is 1.76 bits per heavy atom. The van der Waals surface area contributed by atoms with Gasteiger partial charge in [-0.1, -0.05) is 0 Å². The zero-order chi connectivity index (χ0) is 23.8. The lowest BCUT2D eigenvalue weighted by atomic mass is 9.84. The van der Waals surface area contributed by atoms with Crippen LogP contribution in [0.25, 0.3) is 0 Å². The van der Waals surface area contributed by atoms with Gasteiger partial charge in [0.25, 0.3) is 0 Å². The summed E-state index contributed by atoms with van der Waals surface area (Å²) in [5.41, 5.74) is -0.237. The largest absolute Gasteiger partial charge is 0.497 e. The number of methoxy groups -OCH3 is 1. The fourth-order valence-electron chi connectivity index (χ4n) is 4.98. The molecule has 1 spiro atoms. The number of ether oxygens (including phenoxy) is 2. The van der Waals surface area contributed by atoms with E-state index in [2.05, 4.69) is 0 Å². The van der Waals surface area contributed by atoms with E-state index in [1.165, 1.54) is 6.92 Å². The van der Waals surface area contributed by atoms with Gasteiger partial charge in [-0.25, -0.2) is 0 Å². The van der Waals surface area contributed by atoms with Crippen LogP contribution in [0.5, 0.6) is 11.5 Å². The summed E-state index contributed by atoms with van der Waals surface area (Å²) < 4.78 is 11.6. The Bertz CT molecular complexity index is 971. The number of likely N-dealkylation sites (tertiary alicyclic amines) is 1. The van der Waals surface area contributed by atoms with Crippen LogP contribution in [-0.2, 0) is 14.4 Å². The summed E-state index contributed by atoms with van der Waals surface area (Å²) in [5.74, 6) is 0.866. The van der Waals surface area contributed by atoms with Crippen molar-refractivity contribution >= 4 is 23.5 Å². The summed E-state index contributed by atoms with van der Waals surface area (Å²) in [4.78, 5) is 55.6. The maximum Gasteiger partial charge on any atom is 0.245 e. The van der Waals surface area contributed by atoms with Crippen molar-refractivity contribution in [3.05, 3.63) is 23.8 Å². The van der Waals surface area contributed by atoms with Crippen molar-refractivity contribution in [2.24, 2.45) is 0 Å². The van der Waals surface area contributed by atoms with Crippen molar-refractivity contribution in [1.29, 1.82) is 0 Å². The lowest BCUT2D eigenvalue weighted by Crippen LogP contribution is -2.55. The molecule has 1 aromatic rings. The van der Waals surface area contributed by atoms with Crippen LogP contribution < -0.4 is 9.47 Å². The lowest BCUT2D eigenvalue weighted by molar-refractivity contribution is -0.147. The zero-order valence-corrected chi connectivity index (χ0v) is 19.5. The molecule has 9 heteroatoms. The van der Waals surface area contributed by atoms with Gasteiger partial charge in [-0.15, -0.1) is 0 Å². The summed E-state index contributed by atoms with van der Waals surface area (Å²) in [6.07, 6.45) is 1.31. The number of hydrogen-bond acceptors (Lipinski definition) is 6. The third kappa shape index (κ3) is 4.54. The maximum atomic E-state index is 13.1. The molecule has 33 heavy (non-hydrogen) atoms.